The largest absolute Gasteiger partial charge is 0.478 e. The van der Waals surface area contributed by atoms with Crippen LogP contribution in [0.25, 0.3) is 22.3 Å². The summed E-state index contributed by atoms with van der Waals surface area (Å²) in [6, 6.07) is 11.4. The van der Waals surface area contributed by atoms with E-state index in [0.29, 0.717) is 29.0 Å². The van der Waals surface area contributed by atoms with Crippen molar-refractivity contribution in [3.8, 4) is 36.2 Å². The quantitative estimate of drug-likeness (QED) is 0.00860. The number of aryl methyl sites for hydroxylation is 4. The number of esters is 3. The summed E-state index contributed by atoms with van der Waals surface area (Å²) in [7, 11) is 0. The minimum absolute atomic E-state index is 0.00798. The average Bonchev–Trinajstić information content (AvgIpc) is 1.57. The summed E-state index contributed by atoms with van der Waals surface area (Å²) in [5.74, 6) is 0.249. The number of rotatable bonds is 32. The molecule has 3 aromatic carbocycles. The van der Waals surface area contributed by atoms with E-state index in [1.807, 2.05) is 67.5 Å². The Labute approximate surface area is 610 Å². The summed E-state index contributed by atoms with van der Waals surface area (Å²) in [5.41, 5.74) is -1.81. The minimum atomic E-state index is -2.32. The van der Waals surface area contributed by atoms with Crippen molar-refractivity contribution in [2.75, 3.05) is 10.6 Å². The summed E-state index contributed by atoms with van der Waals surface area (Å²) in [4.78, 5) is 106. The van der Waals surface area contributed by atoms with Crippen LogP contribution in [0.3, 0.4) is 0 Å². The van der Waals surface area contributed by atoms with Crippen LogP contribution in [-0.4, -0.2) is 113 Å². The molecule has 0 radical (unpaired) electrons. The fraction of sp³-hybridized carbons (Fsp3) is 0.506. The van der Waals surface area contributed by atoms with Gasteiger partial charge in [-0.05, 0) is 103 Å². The Morgan fingerprint density at radius 3 is 1.46 bits per heavy atom. The molecule has 7 aromatic rings. The van der Waals surface area contributed by atoms with Crippen LogP contribution in [0.5, 0.6) is 11.5 Å². The molecule has 0 bridgehead atoms. The van der Waals surface area contributed by atoms with Gasteiger partial charge in [0.05, 0.1) is 36.3 Å². The molecule has 2 aliphatic heterocycles. The molecule has 548 valence electrons. The monoisotopic (exact) mass is 1450 g/mol. The van der Waals surface area contributed by atoms with Crippen molar-refractivity contribution < 1.29 is 67.8 Å². The van der Waals surface area contributed by atoms with Crippen molar-refractivity contribution in [3.05, 3.63) is 116 Å². The van der Waals surface area contributed by atoms with Gasteiger partial charge >= 0.3 is 23.9 Å². The molecule has 2 fully saturated rings. The molecular weight excluding hydrogens is 1360 g/mol. The minimum Gasteiger partial charge on any atom is -0.478 e. The fourth-order valence-electron chi connectivity index (χ4n) is 14.9. The van der Waals surface area contributed by atoms with Crippen molar-refractivity contribution in [1.82, 2.24) is 39.0 Å². The number of unbranched alkanes of at least 4 members (excludes halogenated alkanes) is 12. The van der Waals surface area contributed by atoms with E-state index < -0.39 is 94.9 Å². The van der Waals surface area contributed by atoms with Crippen LogP contribution in [0.15, 0.2) is 55.1 Å². The van der Waals surface area contributed by atoms with Crippen LogP contribution in [0.4, 0.5) is 11.6 Å². The first-order valence-electron chi connectivity index (χ1n) is 35.0. The van der Waals surface area contributed by atoms with E-state index >= 15 is 0 Å². The molecule has 24 nitrogen and oxygen atoms in total. The molecule has 2 amide bonds. The summed E-state index contributed by atoms with van der Waals surface area (Å²) in [6.07, 6.45) is 23.7. The molecule has 2 saturated heterocycles. The highest BCUT2D eigenvalue weighted by Crippen LogP contribution is 2.56. The smallest absolute Gasteiger partial charge is 0.336 e. The number of anilines is 2. The van der Waals surface area contributed by atoms with Gasteiger partial charge in [0.25, 0.3) is 0 Å². The maximum Gasteiger partial charge on any atom is 0.336 e. The molecule has 4 aromatic heterocycles. The second-order valence-corrected chi connectivity index (χ2v) is 29.2. The number of aliphatic hydroxyl groups excluding tert-OH is 2. The van der Waals surface area contributed by atoms with Crippen molar-refractivity contribution in [2.24, 2.45) is 0 Å². The Bertz CT molecular complexity index is 4220. The van der Waals surface area contributed by atoms with Gasteiger partial charge in [-0.25, -0.2) is 14.8 Å². The SMILES string of the molecule is C#C[C@@]1(C(c2ccc(C(=O)O)c(COC(=O)CCCCCCCCCCCCCCC)c2)[C@]2(C#C)O[C@@H](n3cnc4c(NC(=O)CC(C)(C)c5c(C)cc(C)cc5OC(C)=O)nc(Cl)nc43)C[C@@H]2O)O[C@@H](n2cnc3c(NC(=O)CC(C)(C)c4c(C)cc(C)cc4OC(C)=O)nc(Cl)nc32)C[C@@H]1O. The van der Waals surface area contributed by atoms with E-state index in [9.17, 15) is 44.1 Å². The standard InChI is InChI=1S/C77H92Cl2N10O14/c1-14-17-18-19-20-21-22-23-24-25-26-27-28-29-61(96)99-41-51-36-50(30-31-52(51)71(97)98)66(76(15-2)55(92)37-59(102-76)88-42-80-64-67(84-72(78)86-69(64)88)82-57(94)39-74(10,11)62-46(6)32-44(4)34-53(62)100-48(8)90)77(16-3)56(93)38-60(103-77)89-43-81-65-68(85-73(79)87-70(65)89)83-58(95)40-75(12,13)63-47(7)33-45(5)35-54(63)101-49(9)91/h2-3,30-36,42-43,55-56,59-60,66,92-93H,14,17-29,37-41H2,1,4-13H3,(H,97,98)(H,82,84,86,94)(H,83,85,87,95)/t55-,56-,59+,60+,76+,77+/m0/s1. The number of imidazole rings is 2. The Morgan fingerprint density at radius 2 is 1.06 bits per heavy atom. The van der Waals surface area contributed by atoms with Crippen molar-refractivity contribution in [1.29, 1.82) is 0 Å². The molecule has 0 saturated carbocycles. The number of aliphatic hydroxyl groups is 2. The number of aromatic carboxylic acids is 1. The number of ether oxygens (including phenoxy) is 5. The van der Waals surface area contributed by atoms with E-state index in [1.54, 1.807) is 12.1 Å². The van der Waals surface area contributed by atoms with Crippen LogP contribution in [0.2, 0.25) is 10.6 Å². The van der Waals surface area contributed by atoms with Crippen LogP contribution in [0.1, 0.15) is 237 Å². The lowest BCUT2D eigenvalue weighted by molar-refractivity contribution is -0.151. The highest BCUT2D eigenvalue weighted by molar-refractivity contribution is 6.29. The van der Waals surface area contributed by atoms with E-state index in [1.165, 1.54) is 105 Å². The van der Waals surface area contributed by atoms with Crippen LogP contribution < -0.4 is 20.1 Å². The van der Waals surface area contributed by atoms with Crippen molar-refractivity contribution in [2.45, 2.75) is 251 Å². The number of nitrogens with one attached hydrogen (secondary N) is 2. The lowest BCUT2D eigenvalue weighted by Gasteiger charge is -2.44. The van der Waals surface area contributed by atoms with Gasteiger partial charge in [-0.2, -0.15) is 19.9 Å². The first-order valence-corrected chi connectivity index (χ1v) is 35.8. The number of carbonyl (C=O) groups excluding carboxylic acids is 5. The van der Waals surface area contributed by atoms with Crippen molar-refractivity contribution in [3.63, 3.8) is 0 Å². The molecule has 6 atom stereocenters. The molecular formula is C77H92Cl2N10O14. The zero-order valence-corrected chi connectivity index (χ0v) is 61.9. The number of nitrogens with zero attached hydrogens (tertiary/aromatic N) is 8. The van der Waals surface area contributed by atoms with Gasteiger partial charge in [-0.15, -0.1) is 12.8 Å². The number of amides is 2. The number of benzene rings is 3. The highest BCUT2D eigenvalue weighted by atomic mass is 35.5. The second kappa shape index (κ2) is 33.3. The molecule has 5 N–H and O–H groups in total. The predicted molar refractivity (Wildman–Crippen MR) is 389 cm³/mol. The van der Waals surface area contributed by atoms with E-state index in [4.69, 9.17) is 59.7 Å². The first-order chi connectivity index (χ1) is 48.8. The topological polar surface area (TPSA) is 321 Å². The molecule has 0 aliphatic carbocycles. The van der Waals surface area contributed by atoms with Gasteiger partial charge in [-0.3, -0.25) is 33.1 Å². The predicted octanol–water partition coefficient (Wildman–Crippen LogP) is 14.0. The molecule has 0 unspecified atom stereocenters. The molecule has 9 rings (SSSR count). The molecule has 2 aliphatic rings. The Morgan fingerprint density at radius 1 is 0.641 bits per heavy atom. The third kappa shape index (κ3) is 17.9. The Balaban J connectivity index is 1.03. The number of fused-ring (bicyclic) bond motifs is 2. The van der Waals surface area contributed by atoms with E-state index in [2.05, 4.69) is 59.3 Å². The third-order valence-corrected chi connectivity index (χ3v) is 19.6. The second-order valence-electron chi connectivity index (χ2n) is 28.5. The number of carboxylic acid groups (broad SMARTS) is 1. The van der Waals surface area contributed by atoms with Crippen LogP contribution >= 0.6 is 23.2 Å². The maximum atomic E-state index is 14.2. The average molecular weight is 1450 g/mol. The molecule has 0 spiro atoms. The number of hydrogen-bond donors (Lipinski definition) is 5. The maximum absolute atomic E-state index is 14.2. The summed E-state index contributed by atoms with van der Waals surface area (Å²) in [5, 5.41) is 41.3. The lowest BCUT2D eigenvalue weighted by atomic mass is 9.67. The molecule has 6 heterocycles. The number of halogens is 2. The van der Waals surface area contributed by atoms with Crippen molar-refractivity contribution >= 4 is 92.9 Å². The van der Waals surface area contributed by atoms with E-state index in [0.717, 1.165) is 47.9 Å². The van der Waals surface area contributed by atoms with E-state index in [-0.39, 0.29) is 93.3 Å². The highest BCUT2D eigenvalue weighted by Gasteiger charge is 2.66. The third-order valence-electron chi connectivity index (χ3n) is 19.3. The van der Waals surface area contributed by atoms with Gasteiger partial charge in [-0.1, -0.05) is 148 Å². The van der Waals surface area contributed by atoms with Crippen LogP contribution in [-0.2, 0) is 55.6 Å². The molecule has 103 heavy (non-hydrogen) atoms. The van der Waals surface area contributed by atoms with Gasteiger partial charge in [0, 0.05) is 73.5 Å². The fourth-order valence-corrected chi connectivity index (χ4v) is 15.3. The number of carbonyl (C=O) groups is 6. The Kier molecular flexibility index (Phi) is 25.3. The number of terminal acetylenes is 2. The Hall–Kier alpha value is -8.88. The van der Waals surface area contributed by atoms with Gasteiger partial charge in [0.1, 0.15) is 30.6 Å². The number of carboxylic acids is 1. The number of hydrogen-bond acceptors (Lipinski definition) is 19. The first kappa shape index (κ1) is 78.3. The zero-order valence-electron chi connectivity index (χ0n) is 60.3. The summed E-state index contributed by atoms with van der Waals surface area (Å²) >= 11 is 13.3. The van der Waals surface area contributed by atoms with Gasteiger partial charge < -0.3 is 49.6 Å². The van der Waals surface area contributed by atoms with Crippen LogP contribution in [0, 0.1) is 52.4 Å². The van der Waals surface area contributed by atoms with Gasteiger partial charge in [0.2, 0.25) is 22.4 Å². The number of aromatic nitrogens is 8. The zero-order chi connectivity index (χ0) is 74.9. The summed E-state index contributed by atoms with van der Waals surface area (Å²) in [6.45, 7) is 19.1. The lowest BCUT2D eigenvalue weighted by Crippen LogP contribution is -2.57. The van der Waals surface area contributed by atoms with Gasteiger partial charge in [0.15, 0.2) is 45.2 Å². The summed E-state index contributed by atoms with van der Waals surface area (Å²) < 4.78 is 33.9. The normalized spacial score (nSPS) is 19.0. The molecule has 26 heteroatoms.